The van der Waals surface area contributed by atoms with Crippen molar-refractivity contribution in [2.75, 3.05) is 0 Å². The maximum absolute atomic E-state index is 10.3. The van der Waals surface area contributed by atoms with Crippen LogP contribution in [0.5, 0.6) is 0 Å². The van der Waals surface area contributed by atoms with Gasteiger partial charge in [0.15, 0.2) is 0 Å². The lowest BCUT2D eigenvalue weighted by Gasteiger charge is -2.34. The Hall–Kier alpha value is -0.530. The van der Waals surface area contributed by atoms with Crippen molar-refractivity contribution < 1.29 is 9.53 Å². The van der Waals surface area contributed by atoms with Gasteiger partial charge in [0.25, 0.3) is 6.47 Å². The molecule has 3 atom stereocenters. The highest BCUT2D eigenvalue weighted by Gasteiger charge is 2.30. The van der Waals surface area contributed by atoms with E-state index in [1.807, 2.05) is 0 Å². The van der Waals surface area contributed by atoms with Crippen molar-refractivity contribution in [3.05, 3.63) is 0 Å². The molecular weight excluding hydrogens is 164 g/mol. The third-order valence-electron chi connectivity index (χ3n) is 3.34. The van der Waals surface area contributed by atoms with Crippen LogP contribution < -0.4 is 0 Å². The van der Waals surface area contributed by atoms with Crippen LogP contribution in [0.3, 0.4) is 0 Å². The molecule has 1 fully saturated rings. The maximum atomic E-state index is 10.3. The van der Waals surface area contributed by atoms with E-state index in [1.165, 1.54) is 12.8 Å². The number of hydrogen-bond donors (Lipinski definition) is 0. The van der Waals surface area contributed by atoms with E-state index < -0.39 is 0 Å². The topological polar surface area (TPSA) is 26.3 Å². The lowest BCUT2D eigenvalue weighted by atomic mass is 9.76. The van der Waals surface area contributed by atoms with Gasteiger partial charge in [0.1, 0.15) is 6.10 Å². The van der Waals surface area contributed by atoms with Crippen LogP contribution in [-0.2, 0) is 9.53 Å². The highest BCUT2D eigenvalue weighted by atomic mass is 16.5. The van der Waals surface area contributed by atoms with Gasteiger partial charge in [-0.2, -0.15) is 0 Å². The zero-order chi connectivity index (χ0) is 9.84. The summed E-state index contributed by atoms with van der Waals surface area (Å²) in [4.78, 5) is 10.3. The molecule has 1 rings (SSSR count). The van der Waals surface area contributed by atoms with Gasteiger partial charge in [-0.25, -0.2) is 0 Å². The molecule has 0 aromatic carbocycles. The second kappa shape index (κ2) is 4.64. The van der Waals surface area contributed by atoms with Crippen molar-refractivity contribution in [2.45, 2.75) is 46.1 Å². The van der Waals surface area contributed by atoms with Gasteiger partial charge in [-0.05, 0) is 37.0 Å². The minimum absolute atomic E-state index is 0.165. The van der Waals surface area contributed by atoms with Crippen molar-refractivity contribution in [3.63, 3.8) is 0 Å². The fourth-order valence-corrected chi connectivity index (χ4v) is 2.18. The van der Waals surface area contributed by atoms with Gasteiger partial charge < -0.3 is 4.74 Å². The van der Waals surface area contributed by atoms with E-state index in [9.17, 15) is 4.79 Å². The van der Waals surface area contributed by atoms with Gasteiger partial charge in [0.05, 0.1) is 0 Å². The molecule has 0 radical (unpaired) electrons. The molecule has 0 bridgehead atoms. The normalized spacial score (nSPS) is 34.6. The molecule has 2 heteroatoms. The Labute approximate surface area is 80.7 Å². The van der Waals surface area contributed by atoms with Crippen LogP contribution in [0.1, 0.15) is 40.0 Å². The summed E-state index contributed by atoms with van der Waals surface area (Å²) < 4.78 is 5.09. The van der Waals surface area contributed by atoms with Crippen LogP contribution >= 0.6 is 0 Å². The van der Waals surface area contributed by atoms with E-state index in [2.05, 4.69) is 20.8 Å². The largest absolute Gasteiger partial charge is 0.464 e. The minimum Gasteiger partial charge on any atom is -0.464 e. The van der Waals surface area contributed by atoms with Gasteiger partial charge >= 0.3 is 0 Å². The molecule has 0 aliphatic heterocycles. The highest BCUT2D eigenvalue weighted by Crippen LogP contribution is 2.34. The quantitative estimate of drug-likeness (QED) is 0.630. The van der Waals surface area contributed by atoms with Gasteiger partial charge in [0.2, 0.25) is 0 Å². The molecule has 0 N–H and O–H groups in total. The van der Waals surface area contributed by atoms with Gasteiger partial charge in [0, 0.05) is 0 Å². The summed E-state index contributed by atoms with van der Waals surface area (Å²) in [5.74, 6) is 1.99. The lowest BCUT2D eigenvalue weighted by molar-refractivity contribution is -0.138. The second-order valence-corrected chi connectivity index (χ2v) is 4.57. The van der Waals surface area contributed by atoms with Gasteiger partial charge in [-0.1, -0.05) is 20.8 Å². The van der Waals surface area contributed by atoms with E-state index in [1.54, 1.807) is 0 Å². The fourth-order valence-electron chi connectivity index (χ4n) is 2.18. The molecule has 3 unspecified atom stereocenters. The number of carbonyl (C=O) groups is 1. The first kappa shape index (κ1) is 10.6. The van der Waals surface area contributed by atoms with Crippen LogP contribution in [-0.4, -0.2) is 12.6 Å². The third kappa shape index (κ3) is 2.71. The minimum atomic E-state index is 0.165. The predicted molar refractivity (Wildman–Crippen MR) is 52.3 cm³/mol. The monoisotopic (exact) mass is 184 g/mol. The number of hydrogen-bond acceptors (Lipinski definition) is 2. The summed E-state index contributed by atoms with van der Waals surface area (Å²) in [7, 11) is 0. The molecule has 1 aliphatic carbocycles. The Kier molecular flexibility index (Phi) is 3.76. The molecule has 1 aliphatic rings. The molecule has 76 valence electrons. The van der Waals surface area contributed by atoms with Crippen molar-refractivity contribution in [2.24, 2.45) is 17.8 Å². The van der Waals surface area contributed by atoms with E-state index in [4.69, 9.17) is 4.74 Å². The average molecular weight is 184 g/mol. The molecule has 0 aromatic heterocycles. The van der Waals surface area contributed by atoms with Gasteiger partial charge in [-0.15, -0.1) is 0 Å². The smallest absolute Gasteiger partial charge is 0.293 e. The number of ether oxygens (including phenoxy) is 1. The first-order valence-corrected chi connectivity index (χ1v) is 5.24. The van der Waals surface area contributed by atoms with E-state index in [0.29, 0.717) is 18.3 Å². The van der Waals surface area contributed by atoms with E-state index in [-0.39, 0.29) is 6.10 Å². The molecule has 0 amide bonds. The molecule has 0 spiro atoms. The van der Waals surface area contributed by atoms with Crippen LogP contribution in [0.4, 0.5) is 0 Å². The lowest BCUT2D eigenvalue weighted by Crippen LogP contribution is -2.31. The van der Waals surface area contributed by atoms with Crippen LogP contribution in [0.2, 0.25) is 0 Å². The molecule has 0 saturated heterocycles. The van der Waals surface area contributed by atoms with Gasteiger partial charge in [-0.3, -0.25) is 4.79 Å². The SMILES string of the molecule is CC(C)C1CCC(C)C(OC=O)C1. The molecule has 0 heterocycles. The van der Waals surface area contributed by atoms with Crippen molar-refractivity contribution in [3.8, 4) is 0 Å². The summed E-state index contributed by atoms with van der Waals surface area (Å²) in [6.45, 7) is 7.27. The summed E-state index contributed by atoms with van der Waals surface area (Å²) in [6, 6.07) is 0. The predicted octanol–water partition coefficient (Wildman–Crippen LogP) is 2.62. The first-order valence-electron chi connectivity index (χ1n) is 5.24. The Balaban J connectivity index is 2.47. The zero-order valence-electron chi connectivity index (χ0n) is 8.82. The number of rotatable bonds is 3. The first-order chi connectivity index (χ1) is 6.15. The summed E-state index contributed by atoms with van der Waals surface area (Å²) >= 11 is 0. The summed E-state index contributed by atoms with van der Waals surface area (Å²) in [5.41, 5.74) is 0. The molecular formula is C11H20O2. The van der Waals surface area contributed by atoms with Crippen LogP contribution in [0.25, 0.3) is 0 Å². The third-order valence-corrected chi connectivity index (χ3v) is 3.34. The van der Waals surface area contributed by atoms with Crippen LogP contribution in [0, 0.1) is 17.8 Å². The summed E-state index contributed by atoms with van der Waals surface area (Å²) in [5, 5.41) is 0. The standard InChI is InChI=1S/C11H20O2/c1-8(2)10-5-4-9(3)11(6-10)13-7-12/h7-11H,4-6H2,1-3H3. The zero-order valence-corrected chi connectivity index (χ0v) is 8.82. The second-order valence-electron chi connectivity index (χ2n) is 4.57. The summed E-state index contributed by atoms with van der Waals surface area (Å²) in [6.07, 6.45) is 3.70. The van der Waals surface area contributed by atoms with Crippen molar-refractivity contribution >= 4 is 6.47 Å². The molecule has 0 aromatic rings. The average Bonchev–Trinajstić information content (AvgIpc) is 2.08. The fraction of sp³-hybridized carbons (Fsp3) is 0.909. The van der Waals surface area contributed by atoms with Crippen LogP contribution in [0.15, 0.2) is 0 Å². The molecule has 1 saturated carbocycles. The Bertz CT molecular complexity index is 165. The maximum Gasteiger partial charge on any atom is 0.293 e. The number of carbonyl (C=O) groups excluding carboxylic acids is 1. The van der Waals surface area contributed by atoms with E-state index >= 15 is 0 Å². The van der Waals surface area contributed by atoms with Crippen molar-refractivity contribution in [1.29, 1.82) is 0 Å². The highest BCUT2D eigenvalue weighted by molar-refractivity contribution is 5.37. The molecule has 2 nitrogen and oxygen atoms in total. The Morgan fingerprint density at radius 3 is 2.62 bits per heavy atom. The molecule has 13 heavy (non-hydrogen) atoms. The Morgan fingerprint density at radius 1 is 1.38 bits per heavy atom. The van der Waals surface area contributed by atoms with Crippen molar-refractivity contribution in [1.82, 2.24) is 0 Å². The van der Waals surface area contributed by atoms with E-state index in [0.717, 1.165) is 12.3 Å². The Morgan fingerprint density at radius 2 is 2.08 bits per heavy atom.